The third kappa shape index (κ3) is 3.92. The molecule has 3 aromatic rings. The number of nitrogens with one attached hydrogen (secondary N) is 1. The van der Waals surface area contributed by atoms with Crippen LogP contribution in [0.25, 0.3) is 4.96 Å². The van der Waals surface area contributed by atoms with Crippen molar-refractivity contribution in [2.75, 3.05) is 6.54 Å². The molecule has 0 radical (unpaired) electrons. The second kappa shape index (κ2) is 6.87. The number of nitrogens with zero attached hydrogens (tertiary/aromatic N) is 4. The molecule has 1 N–H and O–H groups in total. The molecule has 0 aliphatic heterocycles. The highest BCUT2D eigenvalue weighted by Crippen LogP contribution is 2.13. The van der Waals surface area contributed by atoms with Gasteiger partial charge >= 0.3 is 0 Å². The Hall–Kier alpha value is -2.28. The normalized spacial score (nSPS) is 11.0. The number of aryl methyl sites for hydroxylation is 3. The summed E-state index contributed by atoms with van der Waals surface area (Å²) in [7, 11) is 0. The fourth-order valence-corrected chi connectivity index (χ4v) is 3.26. The van der Waals surface area contributed by atoms with Crippen LogP contribution in [0.5, 0.6) is 0 Å². The van der Waals surface area contributed by atoms with Crippen LogP contribution in [0.2, 0.25) is 0 Å². The number of aromatic nitrogens is 4. The molecule has 23 heavy (non-hydrogen) atoms. The standard InChI is InChI=1S/C16H19N5OS/c1-11-4-3-5-13(10-11)6-7-14(22)17-9-8-15-20-21-12(2)18-19-16(21)23-15/h3-5,10H,6-9H2,1-2H3,(H,17,22). The molecule has 1 amide bonds. The molecular weight excluding hydrogens is 310 g/mol. The predicted octanol–water partition coefficient (Wildman–Crippen LogP) is 2.09. The topological polar surface area (TPSA) is 72.2 Å². The zero-order valence-electron chi connectivity index (χ0n) is 13.2. The summed E-state index contributed by atoms with van der Waals surface area (Å²) in [4.78, 5) is 12.7. The van der Waals surface area contributed by atoms with Crippen molar-refractivity contribution in [3.05, 3.63) is 46.2 Å². The van der Waals surface area contributed by atoms with E-state index in [9.17, 15) is 4.79 Å². The van der Waals surface area contributed by atoms with Crippen LogP contribution in [-0.2, 0) is 17.6 Å². The van der Waals surface area contributed by atoms with E-state index in [0.717, 1.165) is 22.2 Å². The molecule has 6 nitrogen and oxygen atoms in total. The lowest BCUT2D eigenvalue weighted by Gasteiger charge is -2.04. The maximum absolute atomic E-state index is 11.9. The minimum absolute atomic E-state index is 0.0747. The van der Waals surface area contributed by atoms with Crippen LogP contribution in [-0.4, -0.2) is 32.3 Å². The lowest BCUT2D eigenvalue weighted by Crippen LogP contribution is -2.25. The highest BCUT2D eigenvalue weighted by molar-refractivity contribution is 7.16. The molecule has 1 aromatic carbocycles. The Morgan fingerprint density at radius 1 is 1.26 bits per heavy atom. The van der Waals surface area contributed by atoms with E-state index in [1.807, 2.05) is 13.0 Å². The summed E-state index contributed by atoms with van der Waals surface area (Å²) < 4.78 is 1.74. The van der Waals surface area contributed by atoms with Gasteiger partial charge in [-0.05, 0) is 25.8 Å². The van der Waals surface area contributed by atoms with Gasteiger partial charge in [0.2, 0.25) is 10.9 Å². The molecule has 0 aliphatic carbocycles. The molecule has 0 unspecified atom stereocenters. The lowest BCUT2D eigenvalue weighted by molar-refractivity contribution is -0.121. The summed E-state index contributed by atoms with van der Waals surface area (Å²) in [6.45, 7) is 4.53. The van der Waals surface area contributed by atoms with Gasteiger partial charge in [0.05, 0.1) is 0 Å². The zero-order chi connectivity index (χ0) is 16.2. The van der Waals surface area contributed by atoms with E-state index in [1.165, 1.54) is 22.5 Å². The summed E-state index contributed by atoms with van der Waals surface area (Å²) in [6, 6.07) is 8.26. The van der Waals surface area contributed by atoms with E-state index in [4.69, 9.17) is 0 Å². The van der Waals surface area contributed by atoms with Crippen LogP contribution in [0.15, 0.2) is 24.3 Å². The number of fused-ring (bicyclic) bond motifs is 1. The molecule has 2 heterocycles. The fourth-order valence-electron chi connectivity index (χ4n) is 2.38. The van der Waals surface area contributed by atoms with E-state index in [0.29, 0.717) is 19.4 Å². The monoisotopic (exact) mass is 329 g/mol. The van der Waals surface area contributed by atoms with Gasteiger partial charge in [-0.1, -0.05) is 41.2 Å². The van der Waals surface area contributed by atoms with Crippen LogP contribution in [0, 0.1) is 13.8 Å². The third-order valence-electron chi connectivity index (χ3n) is 3.57. The van der Waals surface area contributed by atoms with Crippen molar-refractivity contribution in [1.29, 1.82) is 0 Å². The number of carbonyl (C=O) groups is 1. The summed E-state index contributed by atoms with van der Waals surface area (Å²) >= 11 is 1.51. The first kappa shape index (κ1) is 15.6. The molecule has 7 heteroatoms. The van der Waals surface area contributed by atoms with Gasteiger partial charge < -0.3 is 5.32 Å². The van der Waals surface area contributed by atoms with Crippen LogP contribution in [0.3, 0.4) is 0 Å². The van der Waals surface area contributed by atoms with Crippen molar-refractivity contribution < 1.29 is 4.79 Å². The van der Waals surface area contributed by atoms with Crippen molar-refractivity contribution in [2.24, 2.45) is 0 Å². The van der Waals surface area contributed by atoms with Crippen molar-refractivity contribution in [2.45, 2.75) is 33.1 Å². The average Bonchev–Trinajstić information content (AvgIpc) is 3.07. The van der Waals surface area contributed by atoms with Crippen molar-refractivity contribution in [3.8, 4) is 0 Å². The molecule has 0 saturated carbocycles. The van der Waals surface area contributed by atoms with E-state index in [1.54, 1.807) is 4.52 Å². The van der Waals surface area contributed by atoms with Gasteiger partial charge in [0.15, 0.2) is 5.82 Å². The molecular formula is C16H19N5OS. The summed E-state index contributed by atoms with van der Waals surface area (Å²) in [5.74, 6) is 0.857. The van der Waals surface area contributed by atoms with Crippen molar-refractivity contribution in [3.63, 3.8) is 0 Å². The highest BCUT2D eigenvalue weighted by atomic mass is 32.1. The first-order valence-corrected chi connectivity index (χ1v) is 8.43. The molecule has 120 valence electrons. The molecule has 0 aliphatic rings. The maximum atomic E-state index is 11.9. The van der Waals surface area contributed by atoms with E-state index < -0.39 is 0 Å². The second-order valence-corrected chi connectivity index (χ2v) is 6.57. The average molecular weight is 329 g/mol. The Morgan fingerprint density at radius 3 is 2.91 bits per heavy atom. The Labute approximate surface area is 138 Å². The second-order valence-electron chi connectivity index (χ2n) is 5.53. The molecule has 0 spiro atoms. The van der Waals surface area contributed by atoms with Gasteiger partial charge in [-0.3, -0.25) is 4.79 Å². The number of hydrogen-bond donors (Lipinski definition) is 1. The van der Waals surface area contributed by atoms with Gasteiger partial charge in [-0.25, -0.2) is 0 Å². The van der Waals surface area contributed by atoms with Gasteiger partial charge in [0, 0.05) is 19.4 Å². The largest absolute Gasteiger partial charge is 0.356 e. The Morgan fingerprint density at radius 2 is 2.13 bits per heavy atom. The van der Waals surface area contributed by atoms with Crippen molar-refractivity contribution in [1.82, 2.24) is 25.1 Å². The number of benzene rings is 1. The highest BCUT2D eigenvalue weighted by Gasteiger charge is 2.09. The number of rotatable bonds is 6. The fraction of sp³-hybridized carbons (Fsp3) is 0.375. The van der Waals surface area contributed by atoms with Gasteiger partial charge in [-0.15, -0.1) is 10.2 Å². The van der Waals surface area contributed by atoms with Crippen LogP contribution in [0.4, 0.5) is 0 Å². The molecule has 0 saturated heterocycles. The SMILES string of the molecule is Cc1cccc(CCC(=O)NCCc2nn3c(C)nnc3s2)c1. The number of carbonyl (C=O) groups excluding carboxylic acids is 1. The van der Waals surface area contributed by atoms with Crippen LogP contribution < -0.4 is 5.32 Å². The molecule has 3 rings (SSSR count). The van der Waals surface area contributed by atoms with Gasteiger partial charge in [0.1, 0.15) is 5.01 Å². The first-order chi connectivity index (χ1) is 11.1. The Balaban J connectivity index is 1.43. The van der Waals surface area contributed by atoms with Gasteiger partial charge in [-0.2, -0.15) is 9.61 Å². The van der Waals surface area contributed by atoms with Gasteiger partial charge in [0.25, 0.3) is 0 Å². The van der Waals surface area contributed by atoms with E-state index >= 15 is 0 Å². The minimum atomic E-state index is 0.0747. The lowest BCUT2D eigenvalue weighted by atomic mass is 10.1. The molecule has 0 bridgehead atoms. The third-order valence-corrected chi connectivity index (χ3v) is 4.53. The molecule has 2 aromatic heterocycles. The van der Waals surface area contributed by atoms with E-state index in [-0.39, 0.29) is 5.91 Å². The summed E-state index contributed by atoms with van der Waals surface area (Å²) in [5.41, 5.74) is 2.42. The zero-order valence-corrected chi connectivity index (χ0v) is 14.1. The molecule has 0 fully saturated rings. The Kier molecular flexibility index (Phi) is 4.66. The Bertz CT molecular complexity index is 823. The first-order valence-electron chi connectivity index (χ1n) is 7.62. The molecule has 0 atom stereocenters. The van der Waals surface area contributed by atoms with Crippen LogP contribution >= 0.6 is 11.3 Å². The minimum Gasteiger partial charge on any atom is -0.356 e. The quantitative estimate of drug-likeness (QED) is 0.752. The summed E-state index contributed by atoms with van der Waals surface area (Å²) in [5, 5.41) is 16.3. The number of hydrogen-bond acceptors (Lipinski definition) is 5. The van der Waals surface area contributed by atoms with E-state index in [2.05, 4.69) is 45.7 Å². The number of amides is 1. The van der Waals surface area contributed by atoms with Crippen molar-refractivity contribution >= 4 is 22.2 Å². The smallest absolute Gasteiger partial charge is 0.234 e. The maximum Gasteiger partial charge on any atom is 0.234 e. The van der Waals surface area contributed by atoms with Crippen LogP contribution in [0.1, 0.15) is 28.4 Å². The summed E-state index contributed by atoms with van der Waals surface area (Å²) in [6.07, 6.45) is 1.99. The predicted molar refractivity (Wildman–Crippen MR) is 89.6 cm³/mol.